The third-order valence-corrected chi connectivity index (χ3v) is 6.80. The van der Waals surface area contributed by atoms with Crippen LogP contribution in [-0.2, 0) is 10.0 Å². The highest BCUT2D eigenvalue weighted by molar-refractivity contribution is 7.89. The van der Waals surface area contributed by atoms with E-state index in [0.29, 0.717) is 18.7 Å². The molecule has 1 saturated heterocycles. The molecule has 2 aliphatic rings. The smallest absolute Gasteiger partial charge is 0.251 e. The molecule has 1 aromatic carbocycles. The molecule has 1 amide bonds. The van der Waals surface area contributed by atoms with Gasteiger partial charge < -0.3 is 10.4 Å². The quantitative estimate of drug-likeness (QED) is 0.809. The molecule has 132 valence electrons. The van der Waals surface area contributed by atoms with E-state index < -0.39 is 15.6 Å². The number of aliphatic hydroxyl groups is 1. The number of amides is 1. The van der Waals surface area contributed by atoms with Crippen molar-refractivity contribution in [3.63, 3.8) is 0 Å². The summed E-state index contributed by atoms with van der Waals surface area (Å²) in [6.07, 6.45) is 3.76. The predicted molar refractivity (Wildman–Crippen MR) is 90.1 cm³/mol. The zero-order chi connectivity index (χ0) is 17.4. The maximum Gasteiger partial charge on any atom is 0.251 e. The van der Waals surface area contributed by atoms with Crippen LogP contribution in [-0.4, -0.2) is 49.0 Å². The second kappa shape index (κ2) is 6.46. The Balaban J connectivity index is 1.64. The van der Waals surface area contributed by atoms with Gasteiger partial charge in [0.2, 0.25) is 10.0 Å². The van der Waals surface area contributed by atoms with E-state index in [2.05, 4.69) is 5.32 Å². The van der Waals surface area contributed by atoms with Crippen molar-refractivity contribution in [3.8, 4) is 0 Å². The monoisotopic (exact) mass is 352 g/mol. The van der Waals surface area contributed by atoms with E-state index >= 15 is 0 Å². The van der Waals surface area contributed by atoms with Crippen molar-refractivity contribution in [2.24, 2.45) is 5.92 Å². The highest BCUT2D eigenvalue weighted by atomic mass is 32.2. The van der Waals surface area contributed by atoms with Gasteiger partial charge in [-0.25, -0.2) is 8.42 Å². The second-order valence-electron chi connectivity index (χ2n) is 6.95. The van der Waals surface area contributed by atoms with Crippen LogP contribution < -0.4 is 5.32 Å². The number of carbonyl (C=O) groups excluding carboxylic acids is 1. The van der Waals surface area contributed by atoms with Gasteiger partial charge in [0.25, 0.3) is 5.91 Å². The average Bonchev–Trinajstić information content (AvgIpc) is 3.28. The van der Waals surface area contributed by atoms with Gasteiger partial charge in [-0.2, -0.15) is 4.31 Å². The summed E-state index contributed by atoms with van der Waals surface area (Å²) in [5.41, 5.74) is -0.490. The lowest BCUT2D eigenvalue weighted by molar-refractivity contribution is 0.0354. The van der Waals surface area contributed by atoms with Crippen LogP contribution in [0.25, 0.3) is 0 Å². The van der Waals surface area contributed by atoms with Crippen LogP contribution in [0.1, 0.15) is 43.0 Å². The molecule has 0 radical (unpaired) electrons. The Kier molecular flexibility index (Phi) is 4.68. The van der Waals surface area contributed by atoms with Crippen LogP contribution in [0.15, 0.2) is 29.2 Å². The molecule has 1 unspecified atom stereocenters. The fourth-order valence-corrected chi connectivity index (χ4v) is 4.58. The van der Waals surface area contributed by atoms with Crippen LogP contribution >= 0.6 is 0 Å². The predicted octanol–water partition coefficient (Wildman–Crippen LogP) is 1.36. The molecule has 1 saturated carbocycles. The van der Waals surface area contributed by atoms with Crippen molar-refractivity contribution in [1.82, 2.24) is 9.62 Å². The van der Waals surface area contributed by atoms with Gasteiger partial charge in [0.1, 0.15) is 0 Å². The molecule has 0 spiro atoms. The minimum Gasteiger partial charge on any atom is -0.388 e. The number of rotatable bonds is 6. The topological polar surface area (TPSA) is 86.7 Å². The lowest BCUT2D eigenvalue weighted by atomic mass is 10.0. The van der Waals surface area contributed by atoms with Gasteiger partial charge in [0, 0.05) is 25.2 Å². The number of sulfonamides is 1. The molecule has 6 nitrogen and oxygen atoms in total. The standard InChI is InChI=1S/C17H24N2O4S/c1-17(21,14-6-7-14)12-18-16(20)13-4-8-15(9-5-13)24(22,23)19-10-2-3-11-19/h4-5,8-9,14,21H,2-3,6-7,10-12H2,1H3,(H,18,20). The van der Waals surface area contributed by atoms with Gasteiger partial charge in [-0.3, -0.25) is 4.79 Å². The normalized spacial score (nSPS) is 21.4. The highest BCUT2D eigenvalue weighted by Crippen LogP contribution is 2.39. The van der Waals surface area contributed by atoms with E-state index in [-0.39, 0.29) is 23.3 Å². The molecular weight excluding hydrogens is 328 g/mol. The Labute approximate surface area is 142 Å². The minimum absolute atomic E-state index is 0.199. The SMILES string of the molecule is CC(O)(CNC(=O)c1ccc(S(=O)(=O)N2CCCC2)cc1)C1CC1. The van der Waals surface area contributed by atoms with Gasteiger partial charge in [0.05, 0.1) is 10.5 Å². The van der Waals surface area contributed by atoms with Crippen molar-refractivity contribution < 1.29 is 18.3 Å². The molecule has 2 N–H and O–H groups in total. The summed E-state index contributed by atoms with van der Waals surface area (Å²) in [6.45, 7) is 3.04. The first-order chi connectivity index (χ1) is 11.3. The molecule has 2 fully saturated rings. The molecule has 1 aliphatic carbocycles. The van der Waals surface area contributed by atoms with Crippen molar-refractivity contribution in [2.75, 3.05) is 19.6 Å². The lowest BCUT2D eigenvalue weighted by Gasteiger charge is -2.23. The number of nitrogens with zero attached hydrogens (tertiary/aromatic N) is 1. The Morgan fingerprint density at radius 3 is 2.38 bits per heavy atom. The van der Waals surface area contributed by atoms with E-state index in [1.54, 1.807) is 6.92 Å². The number of nitrogens with one attached hydrogen (secondary N) is 1. The zero-order valence-electron chi connectivity index (χ0n) is 13.9. The molecule has 1 atom stereocenters. The first-order valence-corrected chi connectivity index (χ1v) is 9.85. The fourth-order valence-electron chi connectivity index (χ4n) is 3.07. The molecule has 0 bridgehead atoms. The molecule has 1 heterocycles. The maximum atomic E-state index is 12.4. The van der Waals surface area contributed by atoms with Crippen LogP contribution in [0.4, 0.5) is 0 Å². The van der Waals surface area contributed by atoms with E-state index in [1.165, 1.54) is 28.6 Å². The Morgan fingerprint density at radius 2 is 1.83 bits per heavy atom. The number of hydrogen-bond acceptors (Lipinski definition) is 4. The second-order valence-corrected chi connectivity index (χ2v) is 8.89. The van der Waals surface area contributed by atoms with Crippen molar-refractivity contribution in [1.29, 1.82) is 0 Å². The van der Waals surface area contributed by atoms with Gasteiger partial charge in [-0.05, 0) is 62.8 Å². The molecule has 7 heteroatoms. The van der Waals surface area contributed by atoms with Gasteiger partial charge >= 0.3 is 0 Å². The number of benzene rings is 1. The third kappa shape index (κ3) is 3.63. The van der Waals surface area contributed by atoms with E-state index in [0.717, 1.165) is 25.7 Å². The first-order valence-electron chi connectivity index (χ1n) is 8.41. The summed E-state index contributed by atoms with van der Waals surface area (Å²) < 4.78 is 26.4. The molecule has 1 aromatic rings. The van der Waals surface area contributed by atoms with Gasteiger partial charge in [0.15, 0.2) is 0 Å². The molecular formula is C17H24N2O4S. The Hall–Kier alpha value is -1.44. The number of hydrogen-bond donors (Lipinski definition) is 2. The van der Waals surface area contributed by atoms with Gasteiger partial charge in [-0.1, -0.05) is 0 Å². The molecule has 24 heavy (non-hydrogen) atoms. The van der Waals surface area contributed by atoms with Crippen LogP contribution in [0, 0.1) is 5.92 Å². The highest BCUT2D eigenvalue weighted by Gasteiger charge is 2.40. The minimum atomic E-state index is -3.46. The molecule has 0 aromatic heterocycles. The first kappa shape index (κ1) is 17.4. The van der Waals surface area contributed by atoms with E-state index in [9.17, 15) is 18.3 Å². The van der Waals surface area contributed by atoms with Crippen LogP contribution in [0.5, 0.6) is 0 Å². The maximum absolute atomic E-state index is 12.4. The van der Waals surface area contributed by atoms with Crippen LogP contribution in [0.3, 0.4) is 0 Å². The summed E-state index contributed by atoms with van der Waals surface area (Å²) in [4.78, 5) is 12.4. The Morgan fingerprint density at radius 1 is 1.25 bits per heavy atom. The molecule has 3 rings (SSSR count). The van der Waals surface area contributed by atoms with Crippen molar-refractivity contribution in [2.45, 2.75) is 43.1 Å². The Bertz CT molecular complexity index is 703. The number of carbonyl (C=O) groups is 1. The van der Waals surface area contributed by atoms with Gasteiger partial charge in [-0.15, -0.1) is 0 Å². The summed E-state index contributed by atoms with van der Waals surface area (Å²) in [5, 5.41) is 12.9. The lowest BCUT2D eigenvalue weighted by Crippen LogP contribution is -2.42. The van der Waals surface area contributed by atoms with E-state index in [4.69, 9.17) is 0 Å². The summed E-state index contributed by atoms with van der Waals surface area (Å²) in [5.74, 6) is -0.0492. The van der Waals surface area contributed by atoms with Crippen LogP contribution in [0.2, 0.25) is 0 Å². The van der Waals surface area contributed by atoms with E-state index in [1.807, 2.05) is 0 Å². The summed E-state index contributed by atoms with van der Waals surface area (Å²) in [6, 6.07) is 5.98. The summed E-state index contributed by atoms with van der Waals surface area (Å²) >= 11 is 0. The van der Waals surface area contributed by atoms with Crippen molar-refractivity contribution >= 4 is 15.9 Å². The zero-order valence-corrected chi connectivity index (χ0v) is 14.7. The fraction of sp³-hybridized carbons (Fsp3) is 0.588. The average molecular weight is 352 g/mol. The summed E-state index contributed by atoms with van der Waals surface area (Å²) in [7, 11) is -3.46. The third-order valence-electron chi connectivity index (χ3n) is 4.88. The van der Waals surface area contributed by atoms with Crippen molar-refractivity contribution in [3.05, 3.63) is 29.8 Å². The largest absolute Gasteiger partial charge is 0.388 e. The molecule has 1 aliphatic heterocycles.